The van der Waals surface area contributed by atoms with E-state index in [1.807, 2.05) is 36.9 Å². The lowest BCUT2D eigenvalue weighted by Crippen LogP contribution is -2.35. The van der Waals surface area contributed by atoms with Gasteiger partial charge in [0.2, 0.25) is 0 Å². The molecule has 2 atom stereocenters. The summed E-state index contributed by atoms with van der Waals surface area (Å²) in [5.41, 5.74) is 2.63. The molecule has 4 rings (SSSR count). The average molecular weight is 325 g/mol. The average Bonchev–Trinajstić information content (AvgIpc) is 3.13. The summed E-state index contributed by atoms with van der Waals surface area (Å²) in [6.07, 6.45) is 7.35. The van der Waals surface area contributed by atoms with Gasteiger partial charge in [-0.2, -0.15) is 0 Å². The molecule has 4 heterocycles. The van der Waals surface area contributed by atoms with Gasteiger partial charge in [-0.05, 0) is 35.4 Å². The molecule has 0 amide bonds. The van der Waals surface area contributed by atoms with E-state index in [0.29, 0.717) is 12.5 Å². The van der Waals surface area contributed by atoms with Crippen LogP contribution in [0.3, 0.4) is 0 Å². The number of hydrogen-bond donors (Lipinski definition) is 0. The van der Waals surface area contributed by atoms with Crippen LogP contribution in [-0.2, 0) is 22.6 Å². The van der Waals surface area contributed by atoms with E-state index >= 15 is 0 Å². The summed E-state index contributed by atoms with van der Waals surface area (Å²) in [6.45, 7) is 6.16. The number of fused-ring (bicyclic) bond motifs is 1. The summed E-state index contributed by atoms with van der Waals surface area (Å²) >= 11 is 0. The fraction of sp³-hybridized carbons (Fsp3) is 0.474. The van der Waals surface area contributed by atoms with Crippen LogP contribution < -0.4 is 0 Å². The summed E-state index contributed by atoms with van der Waals surface area (Å²) in [7, 11) is 0. The van der Waals surface area contributed by atoms with E-state index in [9.17, 15) is 0 Å². The molecule has 0 aliphatic carbocycles. The Kier molecular flexibility index (Phi) is 4.56. The summed E-state index contributed by atoms with van der Waals surface area (Å²) in [5, 5.41) is 0. The zero-order valence-electron chi connectivity index (χ0n) is 13.8. The molecule has 0 spiro atoms. The molecule has 5 heteroatoms. The van der Waals surface area contributed by atoms with Crippen molar-refractivity contribution in [3.05, 3.63) is 60.2 Å². The van der Waals surface area contributed by atoms with Crippen LogP contribution in [-0.4, -0.2) is 47.8 Å². The first-order valence-electron chi connectivity index (χ1n) is 8.50. The SMILES string of the molecule is c1cc(COC[C@]23COC[C@H]2CN(Cc2ccncc2)C3)ccn1. The van der Waals surface area contributed by atoms with Crippen molar-refractivity contribution in [2.24, 2.45) is 11.3 Å². The fourth-order valence-corrected chi connectivity index (χ4v) is 3.86. The van der Waals surface area contributed by atoms with Crippen LogP contribution in [0.15, 0.2) is 49.1 Å². The van der Waals surface area contributed by atoms with Gasteiger partial charge in [0.25, 0.3) is 0 Å². The van der Waals surface area contributed by atoms with Crippen molar-refractivity contribution < 1.29 is 9.47 Å². The third-order valence-corrected chi connectivity index (χ3v) is 5.15. The number of nitrogens with zero attached hydrogens (tertiary/aromatic N) is 3. The van der Waals surface area contributed by atoms with Gasteiger partial charge in [0.15, 0.2) is 0 Å². The van der Waals surface area contributed by atoms with Crippen molar-refractivity contribution in [1.82, 2.24) is 14.9 Å². The van der Waals surface area contributed by atoms with E-state index in [4.69, 9.17) is 9.47 Å². The Labute approximate surface area is 142 Å². The number of rotatable bonds is 6. The van der Waals surface area contributed by atoms with Gasteiger partial charge >= 0.3 is 0 Å². The summed E-state index contributed by atoms with van der Waals surface area (Å²) in [5.74, 6) is 0.566. The molecule has 0 unspecified atom stereocenters. The molecule has 0 radical (unpaired) electrons. The van der Waals surface area contributed by atoms with Gasteiger partial charge < -0.3 is 9.47 Å². The number of ether oxygens (including phenoxy) is 2. The predicted octanol–water partition coefficient (Wildman–Crippen LogP) is 2.14. The van der Waals surface area contributed by atoms with Crippen molar-refractivity contribution in [2.75, 3.05) is 32.9 Å². The second kappa shape index (κ2) is 6.97. The van der Waals surface area contributed by atoms with Gasteiger partial charge in [-0.15, -0.1) is 0 Å². The molecule has 2 fully saturated rings. The third kappa shape index (κ3) is 3.34. The van der Waals surface area contributed by atoms with Crippen molar-refractivity contribution in [3.63, 3.8) is 0 Å². The highest BCUT2D eigenvalue weighted by atomic mass is 16.5. The molecule has 2 aromatic rings. The molecule has 2 aliphatic rings. The molecule has 126 valence electrons. The highest BCUT2D eigenvalue weighted by molar-refractivity contribution is 5.11. The van der Waals surface area contributed by atoms with Gasteiger partial charge in [0.1, 0.15) is 0 Å². The zero-order chi connectivity index (χ0) is 16.2. The lowest BCUT2D eigenvalue weighted by atomic mass is 9.82. The highest BCUT2D eigenvalue weighted by Gasteiger charge is 2.50. The maximum atomic E-state index is 6.06. The van der Waals surface area contributed by atoms with Crippen LogP contribution in [0.2, 0.25) is 0 Å². The van der Waals surface area contributed by atoms with Crippen LogP contribution in [0.25, 0.3) is 0 Å². The second-order valence-corrected chi connectivity index (χ2v) is 6.95. The van der Waals surface area contributed by atoms with Crippen molar-refractivity contribution in [2.45, 2.75) is 13.2 Å². The quantitative estimate of drug-likeness (QED) is 0.814. The highest BCUT2D eigenvalue weighted by Crippen LogP contribution is 2.42. The van der Waals surface area contributed by atoms with Gasteiger partial charge in [0.05, 0.1) is 26.4 Å². The first kappa shape index (κ1) is 15.7. The van der Waals surface area contributed by atoms with Crippen molar-refractivity contribution in [1.29, 1.82) is 0 Å². The molecular weight excluding hydrogens is 302 g/mol. The molecule has 2 aromatic heterocycles. The van der Waals surface area contributed by atoms with E-state index in [2.05, 4.69) is 27.0 Å². The Morgan fingerprint density at radius 1 is 1.08 bits per heavy atom. The third-order valence-electron chi connectivity index (χ3n) is 5.15. The van der Waals surface area contributed by atoms with E-state index in [0.717, 1.165) is 39.5 Å². The first-order valence-corrected chi connectivity index (χ1v) is 8.50. The maximum Gasteiger partial charge on any atom is 0.0718 e. The number of aromatic nitrogens is 2. The van der Waals surface area contributed by atoms with Crippen LogP contribution in [0.1, 0.15) is 11.1 Å². The summed E-state index contributed by atoms with van der Waals surface area (Å²) in [6, 6.07) is 8.20. The van der Waals surface area contributed by atoms with E-state index in [-0.39, 0.29) is 5.41 Å². The first-order chi connectivity index (χ1) is 11.8. The summed E-state index contributed by atoms with van der Waals surface area (Å²) in [4.78, 5) is 10.7. The molecule has 0 N–H and O–H groups in total. The molecule has 0 aromatic carbocycles. The number of pyridine rings is 2. The van der Waals surface area contributed by atoms with E-state index in [1.165, 1.54) is 11.1 Å². The Bertz CT molecular complexity index is 652. The number of likely N-dealkylation sites (tertiary alicyclic amines) is 1. The van der Waals surface area contributed by atoms with Crippen molar-refractivity contribution >= 4 is 0 Å². The lowest BCUT2D eigenvalue weighted by Gasteiger charge is -2.27. The minimum atomic E-state index is 0.139. The van der Waals surface area contributed by atoms with Gasteiger partial charge in [0, 0.05) is 55.8 Å². The Morgan fingerprint density at radius 3 is 2.54 bits per heavy atom. The normalized spacial score (nSPS) is 26.6. The maximum absolute atomic E-state index is 6.06. The van der Waals surface area contributed by atoms with Crippen LogP contribution in [0.5, 0.6) is 0 Å². The molecular formula is C19H23N3O2. The molecule has 5 nitrogen and oxygen atoms in total. The van der Waals surface area contributed by atoms with Crippen molar-refractivity contribution in [3.8, 4) is 0 Å². The molecule has 0 saturated carbocycles. The van der Waals surface area contributed by atoms with Gasteiger partial charge in [-0.25, -0.2) is 0 Å². The fourth-order valence-electron chi connectivity index (χ4n) is 3.86. The Morgan fingerprint density at radius 2 is 1.79 bits per heavy atom. The molecule has 24 heavy (non-hydrogen) atoms. The van der Waals surface area contributed by atoms with E-state index in [1.54, 1.807) is 0 Å². The second-order valence-electron chi connectivity index (χ2n) is 6.95. The number of hydrogen-bond acceptors (Lipinski definition) is 5. The Balaban J connectivity index is 1.36. The monoisotopic (exact) mass is 325 g/mol. The predicted molar refractivity (Wildman–Crippen MR) is 90.1 cm³/mol. The standard InChI is InChI=1S/C19H23N3O2/c1-5-20-6-2-16(1)9-22-10-18-12-24-15-19(18,13-22)14-23-11-17-3-7-21-8-4-17/h1-8,18H,9-15H2/t18-,19-/m1/s1. The lowest BCUT2D eigenvalue weighted by molar-refractivity contribution is 0.0182. The minimum absolute atomic E-state index is 0.139. The summed E-state index contributed by atoms with van der Waals surface area (Å²) < 4.78 is 11.9. The van der Waals surface area contributed by atoms with Gasteiger partial charge in [-0.3, -0.25) is 14.9 Å². The van der Waals surface area contributed by atoms with Crippen LogP contribution in [0.4, 0.5) is 0 Å². The smallest absolute Gasteiger partial charge is 0.0718 e. The zero-order valence-corrected chi connectivity index (χ0v) is 13.8. The van der Waals surface area contributed by atoms with Crippen LogP contribution >= 0.6 is 0 Å². The van der Waals surface area contributed by atoms with E-state index < -0.39 is 0 Å². The Hall–Kier alpha value is -1.82. The van der Waals surface area contributed by atoms with Gasteiger partial charge in [-0.1, -0.05) is 0 Å². The topological polar surface area (TPSA) is 47.5 Å². The molecule has 2 saturated heterocycles. The minimum Gasteiger partial charge on any atom is -0.380 e. The molecule has 2 aliphatic heterocycles. The van der Waals surface area contributed by atoms with Crippen LogP contribution in [0, 0.1) is 11.3 Å². The molecule has 0 bridgehead atoms. The largest absolute Gasteiger partial charge is 0.380 e.